The lowest BCUT2D eigenvalue weighted by atomic mass is 10.2. The molecule has 2 rings (SSSR count). The number of hydrogen-bond acceptors (Lipinski definition) is 4. The van der Waals surface area contributed by atoms with Crippen LogP contribution in [0.25, 0.3) is 0 Å². The summed E-state index contributed by atoms with van der Waals surface area (Å²) in [4.78, 5) is 12.0. The Bertz CT molecular complexity index is 436. The molecule has 2 N–H and O–H groups in total. The first kappa shape index (κ1) is 13.5. The molecule has 1 aromatic carbocycles. The predicted octanol–water partition coefficient (Wildman–Crippen LogP) is 1.99. The smallest absolute Gasteiger partial charge is 0.242 e. The summed E-state index contributed by atoms with van der Waals surface area (Å²) in [6.07, 6.45) is 0. The van der Waals surface area contributed by atoms with Gasteiger partial charge in [-0.1, -0.05) is 11.6 Å². The molecule has 98 valence electrons. The molecule has 1 saturated heterocycles. The fourth-order valence-electron chi connectivity index (χ4n) is 1.70. The van der Waals surface area contributed by atoms with E-state index in [4.69, 9.17) is 16.3 Å². The number of rotatable bonds is 3. The Balaban J connectivity index is 2.02. The highest BCUT2D eigenvalue weighted by molar-refractivity contribution is 7.99. The Labute approximate surface area is 115 Å². The molecular weight excluding hydrogens is 272 g/mol. The number of methoxy groups -OCH3 is 1. The van der Waals surface area contributed by atoms with Gasteiger partial charge < -0.3 is 15.4 Å². The van der Waals surface area contributed by atoms with Crippen LogP contribution in [0, 0.1) is 0 Å². The van der Waals surface area contributed by atoms with Gasteiger partial charge in [-0.25, -0.2) is 0 Å². The van der Waals surface area contributed by atoms with E-state index in [2.05, 4.69) is 10.6 Å². The molecule has 18 heavy (non-hydrogen) atoms. The minimum absolute atomic E-state index is 0.0217. The maximum atomic E-state index is 12.0. The van der Waals surface area contributed by atoms with Crippen LogP contribution in [0.15, 0.2) is 18.2 Å². The molecule has 0 radical (unpaired) electrons. The summed E-state index contributed by atoms with van der Waals surface area (Å²) in [5, 5.41) is 6.58. The average Bonchev–Trinajstić information content (AvgIpc) is 2.42. The van der Waals surface area contributed by atoms with E-state index in [0.29, 0.717) is 16.5 Å². The largest absolute Gasteiger partial charge is 0.495 e. The lowest BCUT2D eigenvalue weighted by molar-refractivity contribution is -0.117. The molecule has 1 aromatic rings. The minimum atomic E-state index is -0.134. The molecule has 1 aliphatic heterocycles. The highest BCUT2D eigenvalue weighted by Gasteiger charge is 2.21. The molecule has 1 heterocycles. The standard InChI is InChI=1S/C12H15ClN2O2S/c1-17-11-6-8(2-3-9(11)13)15-12(16)10-7-18-5-4-14-10/h2-3,6,10,14H,4-5,7H2,1H3,(H,15,16). The molecule has 0 aliphatic carbocycles. The zero-order chi connectivity index (χ0) is 13.0. The van der Waals surface area contributed by atoms with E-state index in [0.717, 1.165) is 18.1 Å². The van der Waals surface area contributed by atoms with Crippen molar-refractivity contribution in [1.29, 1.82) is 0 Å². The van der Waals surface area contributed by atoms with E-state index in [1.165, 1.54) is 0 Å². The van der Waals surface area contributed by atoms with Crippen molar-refractivity contribution in [3.63, 3.8) is 0 Å². The predicted molar refractivity (Wildman–Crippen MR) is 75.7 cm³/mol. The second kappa shape index (κ2) is 6.31. The Kier molecular flexibility index (Phi) is 4.74. The molecule has 0 saturated carbocycles. The quantitative estimate of drug-likeness (QED) is 0.892. The molecule has 1 atom stereocenters. The Morgan fingerprint density at radius 1 is 1.61 bits per heavy atom. The fraction of sp³-hybridized carbons (Fsp3) is 0.417. The van der Waals surface area contributed by atoms with E-state index < -0.39 is 0 Å². The van der Waals surface area contributed by atoms with E-state index >= 15 is 0 Å². The first-order valence-electron chi connectivity index (χ1n) is 5.66. The number of benzene rings is 1. The summed E-state index contributed by atoms with van der Waals surface area (Å²) >= 11 is 7.71. The van der Waals surface area contributed by atoms with Crippen molar-refractivity contribution in [1.82, 2.24) is 5.32 Å². The van der Waals surface area contributed by atoms with Crippen LogP contribution in [0.5, 0.6) is 5.75 Å². The van der Waals surface area contributed by atoms with Crippen LogP contribution >= 0.6 is 23.4 Å². The first-order chi connectivity index (χ1) is 8.70. The number of thioether (sulfide) groups is 1. The van der Waals surface area contributed by atoms with Crippen molar-refractivity contribution in [3.05, 3.63) is 23.2 Å². The number of anilines is 1. The second-order valence-electron chi connectivity index (χ2n) is 3.92. The van der Waals surface area contributed by atoms with Crippen molar-refractivity contribution < 1.29 is 9.53 Å². The van der Waals surface area contributed by atoms with Crippen molar-refractivity contribution in [2.45, 2.75) is 6.04 Å². The van der Waals surface area contributed by atoms with Crippen molar-refractivity contribution in [2.75, 3.05) is 30.5 Å². The van der Waals surface area contributed by atoms with Gasteiger partial charge in [0, 0.05) is 29.8 Å². The van der Waals surface area contributed by atoms with Crippen LogP contribution < -0.4 is 15.4 Å². The van der Waals surface area contributed by atoms with Crippen molar-refractivity contribution in [2.24, 2.45) is 0 Å². The van der Waals surface area contributed by atoms with Crippen LogP contribution in [0.3, 0.4) is 0 Å². The monoisotopic (exact) mass is 286 g/mol. The van der Waals surface area contributed by atoms with Crippen LogP contribution in [0.2, 0.25) is 5.02 Å². The van der Waals surface area contributed by atoms with E-state index in [9.17, 15) is 4.79 Å². The molecule has 0 bridgehead atoms. The zero-order valence-electron chi connectivity index (χ0n) is 10.0. The summed E-state index contributed by atoms with van der Waals surface area (Å²) in [6.45, 7) is 0.868. The third-order valence-electron chi connectivity index (χ3n) is 2.66. The van der Waals surface area contributed by atoms with Gasteiger partial charge >= 0.3 is 0 Å². The molecular formula is C12H15ClN2O2S. The van der Waals surface area contributed by atoms with Gasteiger partial charge in [-0.3, -0.25) is 4.79 Å². The number of ether oxygens (including phenoxy) is 1. The Morgan fingerprint density at radius 3 is 3.11 bits per heavy atom. The first-order valence-corrected chi connectivity index (χ1v) is 7.19. The highest BCUT2D eigenvalue weighted by Crippen LogP contribution is 2.27. The van der Waals surface area contributed by atoms with Crippen molar-refractivity contribution >= 4 is 35.0 Å². The Hall–Kier alpha value is -0.910. The molecule has 6 heteroatoms. The molecule has 1 fully saturated rings. The van der Waals surface area contributed by atoms with Gasteiger partial charge in [0.25, 0.3) is 0 Å². The van der Waals surface area contributed by atoms with Gasteiger partial charge in [-0.15, -0.1) is 0 Å². The summed E-state index contributed by atoms with van der Waals surface area (Å²) in [5.41, 5.74) is 0.693. The number of hydrogen-bond donors (Lipinski definition) is 2. The summed E-state index contributed by atoms with van der Waals surface area (Å²) < 4.78 is 5.11. The topological polar surface area (TPSA) is 50.4 Å². The third kappa shape index (κ3) is 3.31. The summed E-state index contributed by atoms with van der Waals surface area (Å²) in [5.74, 6) is 2.39. The van der Waals surface area contributed by atoms with Gasteiger partial charge in [0.1, 0.15) is 5.75 Å². The van der Waals surface area contributed by atoms with E-state index in [-0.39, 0.29) is 11.9 Å². The number of halogens is 1. The van der Waals surface area contributed by atoms with E-state index in [1.54, 1.807) is 37.1 Å². The number of carbonyl (C=O) groups is 1. The molecule has 4 nitrogen and oxygen atoms in total. The number of amides is 1. The third-order valence-corrected chi connectivity index (χ3v) is 4.03. The lowest BCUT2D eigenvalue weighted by Crippen LogP contribution is -2.46. The summed E-state index contributed by atoms with van der Waals surface area (Å²) in [6, 6.07) is 5.05. The van der Waals surface area contributed by atoms with Gasteiger partial charge in [0.05, 0.1) is 18.2 Å². The van der Waals surface area contributed by atoms with Gasteiger partial charge in [0.15, 0.2) is 0 Å². The Morgan fingerprint density at radius 2 is 2.44 bits per heavy atom. The fourth-order valence-corrected chi connectivity index (χ4v) is 2.83. The van der Waals surface area contributed by atoms with Gasteiger partial charge in [-0.2, -0.15) is 11.8 Å². The maximum absolute atomic E-state index is 12.0. The van der Waals surface area contributed by atoms with E-state index in [1.807, 2.05) is 0 Å². The van der Waals surface area contributed by atoms with Crippen LogP contribution in [-0.4, -0.2) is 37.1 Å². The van der Waals surface area contributed by atoms with Crippen LogP contribution in [0.1, 0.15) is 0 Å². The number of carbonyl (C=O) groups excluding carboxylic acids is 1. The lowest BCUT2D eigenvalue weighted by Gasteiger charge is -2.22. The van der Waals surface area contributed by atoms with Crippen LogP contribution in [-0.2, 0) is 4.79 Å². The molecule has 1 aliphatic rings. The van der Waals surface area contributed by atoms with Crippen LogP contribution in [0.4, 0.5) is 5.69 Å². The van der Waals surface area contributed by atoms with Gasteiger partial charge in [0.2, 0.25) is 5.91 Å². The average molecular weight is 287 g/mol. The number of nitrogens with one attached hydrogen (secondary N) is 2. The molecule has 0 spiro atoms. The highest BCUT2D eigenvalue weighted by atomic mass is 35.5. The maximum Gasteiger partial charge on any atom is 0.242 e. The molecule has 1 unspecified atom stereocenters. The minimum Gasteiger partial charge on any atom is -0.495 e. The van der Waals surface area contributed by atoms with Crippen molar-refractivity contribution in [3.8, 4) is 5.75 Å². The molecule has 1 amide bonds. The second-order valence-corrected chi connectivity index (χ2v) is 5.48. The normalized spacial score (nSPS) is 19.3. The zero-order valence-corrected chi connectivity index (χ0v) is 11.6. The molecule has 0 aromatic heterocycles. The van der Waals surface area contributed by atoms with Gasteiger partial charge in [-0.05, 0) is 12.1 Å². The SMILES string of the molecule is COc1cc(NC(=O)C2CSCCN2)ccc1Cl. The summed E-state index contributed by atoms with van der Waals surface area (Å²) in [7, 11) is 1.55.